The number of hydrogen-bond donors (Lipinski definition) is 2. The molecule has 2 fully saturated rings. The standard InChI is InChI=1S/C19H24ClN5/c1-11(13-3-4-13)21-18-23-17(15-7-9-16(20)10-8-15)24-19(25-18)22-12(2)14-5-6-14/h7-14H,3-6H2,1-2H3,(H2,21,22,23,24,25). The van der Waals surface area contributed by atoms with E-state index in [0.29, 0.717) is 34.8 Å². The third-order valence-electron chi connectivity index (χ3n) is 5.11. The van der Waals surface area contributed by atoms with Crippen molar-refractivity contribution in [2.45, 2.75) is 51.6 Å². The van der Waals surface area contributed by atoms with Crippen LogP contribution in [0.25, 0.3) is 11.4 Å². The van der Waals surface area contributed by atoms with Gasteiger partial charge < -0.3 is 10.6 Å². The topological polar surface area (TPSA) is 62.7 Å². The van der Waals surface area contributed by atoms with Crippen molar-refractivity contribution in [2.75, 3.05) is 10.6 Å². The second-order valence-electron chi connectivity index (χ2n) is 7.35. The molecule has 0 bridgehead atoms. The molecule has 1 heterocycles. The molecule has 1 aromatic carbocycles. The molecule has 0 saturated heterocycles. The van der Waals surface area contributed by atoms with Gasteiger partial charge in [0.25, 0.3) is 0 Å². The Bertz CT molecular complexity index is 702. The molecule has 2 N–H and O–H groups in total. The lowest BCUT2D eigenvalue weighted by molar-refractivity contribution is 0.676. The zero-order valence-electron chi connectivity index (χ0n) is 14.7. The third kappa shape index (κ3) is 4.21. The zero-order valence-corrected chi connectivity index (χ0v) is 15.4. The molecule has 4 rings (SSSR count). The van der Waals surface area contributed by atoms with Gasteiger partial charge in [-0.3, -0.25) is 0 Å². The van der Waals surface area contributed by atoms with Crippen LogP contribution in [0.5, 0.6) is 0 Å². The first-order valence-electron chi connectivity index (χ1n) is 9.13. The summed E-state index contributed by atoms with van der Waals surface area (Å²) in [7, 11) is 0. The normalized spacial score (nSPS) is 19.3. The Morgan fingerprint density at radius 2 is 1.32 bits per heavy atom. The van der Waals surface area contributed by atoms with E-state index in [-0.39, 0.29) is 0 Å². The van der Waals surface area contributed by atoms with E-state index in [1.165, 1.54) is 25.7 Å². The molecule has 2 saturated carbocycles. The molecule has 25 heavy (non-hydrogen) atoms. The van der Waals surface area contributed by atoms with Crippen molar-refractivity contribution in [1.82, 2.24) is 15.0 Å². The molecule has 6 heteroatoms. The average Bonchev–Trinajstić information content (AvgIpc) is 3.48. The second kappa shape index (κ2) is 6.79. The predicted octanol–water partition coefficient (Wildman–Crippen LogP) is 4.61. The number of rotatable bonds is 7. The largest absolute Gasteiger partial charge is 0.351 e. The summed E-state index contributed by atoms with van der Waals surface area (Å²) in [4.78, 5) is 13.9. The van der Waals surface area contributed by atoms with Crippen molar-refractivity contribution < 1.29 is 0 Å². The fraction of sp³-hybridized carbons (Fsp3) is 0.526. The van der Waals surface area contributed by atoms with Gasteiger partial charge in [0.15, 0.2) is 5.82 Å². The average molecular weight is 358 g/mol. The van der Waals surface area contributed by atoms with Crippen molar-refractivity contribution in [1.29, 1.82) is 0 Å². The van der Waals surface area contributed by atoms with Gasteiger partial charge in [0.2, 0.25) is 11.9 Å². The minimum absolute atomic E-state index is 0.383. The number of nitrogens with one attached hydrogen (secondary N) is 2. The van der Waals surface area contributed by atoms with Gasteiger partial charge in [0.05, 0.1) is 0 Å². The van der Waals surface area contributed by atoms with Crippen molar-refractivity contribution in [3.63, 3.8) is 0 Å². The van der Waals surface area contributed by atoms with Gasteiger partial charge >= 0.3 is 0 Å². The van der Waals surface area contributed by atoms with Gasteiger partial charge in [-0.25, -0.2) is 0 Å². The first kappa shape index (κ1) is 16.6. The van der Waals surface area contributed by atoms with E-state index in [2.05, 4.69) is 39.4 Å². The molecule has 0 amide bonds. The molecular weight excluding hydrogens is 334 g/mol. The summed E-state index contributed by atoms with van der Waals surface area (Å²) in [6.45, 7) is 4.40. The summed E-state index contributed by atoms with van der Waals surface area (Å²) < 4.78 is 0. The Balaban J connectivity index is 1.62. The monoisotopic (exact) mass is 357 g/mol. The van der Waals surface area contributed by atoms with E-state index in [4.69, 9.17) is 11.6 Å². The molecule has 2 unspecified atom stereocenters. The van der Waals surface area contributed by atoms with Crippen LogP contribution in [0.4, 0.5) is 11.9 Å². The fourth-order valence-electron chi connectivity index (χ4n) is 3.07. The summed E-state index contributed by atoms with van der Waals surface area (Å²) in [6, 6.07) is 8.38. The van der Waals surface area contributed by atoms with Gasteiger partial charge in [-0.2, -0.15) is 15.0 Å². The van der Waals surface area contributed by atoms with Crippen LogP contribution in [0.3, 0.4) is 0 Å². The number of hydrogen-bond acceptors (Lipinski definition) is 5. The summed E-state index contributed by atoms with van der Waals surface area (Å²) in [5.41, 5.74) is 0.941. The first-order valence-corrected chi connectivity index (χ1v) is 9.51. The summed E-state index contributed by atoms with van der Waals surface area (Å²) in [5, 5.41) is 7.62. The predicted molar refractivity (Wildman–Crippen MR) is 102 cm³/mol. The maximum atomic E-state index is 6.01. The van der Waals surface area contributed by atoms with Gasteiger partial charge in [-0.05, 0) is 75.6 Å². The Kier molecular flexibility index (Phi) is 4.50. The SMILES string of the molecule is CC(Nc1nc(NC(C)C2CC2)nc(-c2ccc(Cl)cc2)n1)C1CC1. The van der Waals surface area contributed by atoms with E-state index in [1.807, 2.05) is 24.3 Å². The van der Waals surface area contributed by atoms with Crippen LogP contribution >= 0.6 is 11.6 Å². The smallest absolute Gasteiger partial charge is 0.228 e. The highest BCUT2D eigenvalue weighted by Crippen LogP contribution is 2.35. The fourth-order valence-corrected chi connectivity index (χ4v) is 3.19. The molecule has 0 radical (unpaired) electrons. The number of halogens is 1. The molecule has 5 nitrogen and oxygen atoms in total. The molecule has 2 aromatic rings. The van der Waals surface area contributed by atoms with Crippen molar-refractivity contribution in [3.05, 3.63) is 29.3 Å². The Morgan fingerprint density at radius 1 is 0.840 bits per heavy atom. The second-order valence-corrected chi connectivity index (χ2v) is 7.79. The van der Waals surface area contributed by atoms with E-state index >= 15 is 0 Å². The van der Waals surface area contributed by atoms with Crippen LogP contribution in [-0.2, 0) is 0 Å². The third-order valence-corrected chi connectivity index (χ3v) is 5.36. The first-order chi connectivity index (χ1) is 12.1. The van der Waals surface area contributed by atoms with Crippen LogP contribution in [0, 0.1) is 11.8 Å². The lowest BCUT2D eigenvalue weighted by Crippen LogP contribution is -2.22. The van der Waals surface area contributed by atoms with Crippen molar-refractivity contribution >= 4 is 23.5 Å². The minimum Gasteiger partial charge on any atom is -0.351 e. The van der Waals surface area contributed by atoms with Crippen LogP contribution in [0.15, 0.2) is 24.3 Å². The highest BCUT2D eigenvalue weighted by atomic mass is 35.5. The summed E-state index contributed by atoms with van der Waals surface area (Å²) in [6.07, 6.45) is 5.14. The van der Waals surface area contributed by atoms with Gasteiger partial charge in [0, 0.05) is 22.7 Å². The molecule has 1 aromatic heterocycles. The van der Waals surface area contributed by atoms with Crippen LogP contribution < -0.4 is 10.6 Å². The van der Waals surface area contributed by atoms with Crippen LogP contribution in [0.1, 0.15) is 39.5 Å². The Labute approximate surface area is 153 Å². The van der Waals surface area contributed by atoms with E-state index in [0.717, 1.165) is 17.4 Å². The van der Waals surface area contributed by atoms with Crippen molar-refractivity contribution in [2.24, 2.45) is 11.8 Å². The molecule has 0 aliphatic heterocycles. The molecule has 0 spiro atoms. The van der Waals surface area contributed by atoms with E-state index in [9.17, 15) is 0 Å². The Hall–Kier alpha value is -1.88. The summed E-state index contributed by atoms with van der Waals surface area (Å²) in [5.74, 6) is 3.42. The minimum atomic E-state index is 0.383. The number of aromatic nitrogens is 3. The molecular formula is C19H24ClN5. The number of nitrogens with zero attached hydrogens (tertiary/aromatic N) is 3. The molecule has 2 aliphatic carbocycles. The maximum Gasteiger partial charge on any atom is 0.228 e. The lowest BCUT2D eigenvalue weighted by atomic mass is 10.2. The zero-order chi connectivity index (χ0) is 17.4. The summed E-state index contributed by atoms with van der Waals surface area (Å²) >= 11 is 6.01. The van der Waals surface area contributed by atoms with Gasteiger partial charge in [0.1, 0.15) is 0 Å². The van der Waals surface area contributed by atoms with E-state index in [1.54, 1.807) is 0 Å². The Morgan fingerprint density at radius 3 is 1.76 bits per heavy atom. The van der Waals surface area contributed by atoms with Gasteiger partial charge in [-0.15, -0.1) is 0 Å². The molecule has 132 valence electrons. The quantitative estimate of drug-likeness (QED) is 0.757. The van der Waals surface area contributed by atoms with Crippen molar-refractivity contribution in [3.8, 4) is 11.4 Å². The molecule has 2 aliphatic rings. The van der Waals surface area contributed by atoms with Crippen LogP contribution in [0.2, 0.25) is 5.02 Å². The van der Waals surface area contributed by atoms with E-state index < -0.39 is 0 Å². The highest BCUT2D eigenvalue weighted by Gasteiger charge is 2.30. The van der Waals surface area contributed by atoms with Gasteiger partial charge in [-0.1, -0.05) is 11.6 Å². The number of anilines is 2. The number of benzene rings is 1. The lowest BCUT2D eigenvalue weighted by Gasteiger charge is -2.17. The van der Waals surface area contributed by atoms with Crippen LogP contribution in [-0.4, -0.2) is 27.0 Å². The molecule has 2 atom stereocenters. The highest BCUT2D eigenvalue weighted by molar-refractivity contribution is 6.30. The maximum absolute atomic E-state index is 6.01.